The number of halogens is 6. The van der Waals surface area contributed by atoms with Crippen molar-refractivity contribution < 1.29 is 30.8 Å². The summed E-state index contributed by atoms with van der Waals surface area (Å²) in [5.74, 6) is 0.783. The third kappa shape index (κ3) is 7.26. The second kappa shape index (κ2) is 12.4. The van der Waals surface area contributed by atoms with Gasteiger partial charge >= 0.3 is 12.4 Å². The Bertz CT molecular complexity index is 1020. The molecule has 0 N–H and O–H groups in total. The molecular formula is C34H54F6OSi. The van der Waals surface area contributed by atoms with Gasteiger partial charge in [-0.15, -0.1) is 0 Å². The van der Waals surface area contributed by atoms with Gasteiger partial charge in [0.2, 0.25) is 0 Å². The molecule has 0 heterocycles. The molecule has 8 heteroatoms. The van der Waals surface area contributed by atoms with Crippen LogP contribution in [0.15, 0.2) is 35.5 Å². The van der Waals surface area contributed by atoms with E-state index < -0.39 is 32.5 Å². The predicted molar refractivity (Wildman–Crippen MR) is 163 cm³/mol. The topological polar surface area (TPSA) is 9.23 Å². The molecule has 0 spiro atoms. The van der Waals surface area contributed by atoms with Gasteiger partial charge in [0.1, 0.15) is 0 Å². The maximum Gasteiger partial charge on any atom is 0.402 e. The third-order valence-corrected chi connectivity index (χ3v) is 16.3. The Kier molecular flexibility index (Phi) is 10.5. The van der Waals surface area contributed by atoms with E-state index in [0.717, 1.165) is 51.4 Å². The average molecular weight is 621 g/mol. The van der Waals surface area contributed by atoms with Crippen molar-refractivity contribution >= 4 is 8.32 Å². The third-order valence-electron chi connectivity index (χ3n) is 11.7. The minimum absolute atomic E-state index is 0.0247. The molecule has 3 saturated carbocycles. The maximum absolute atomic E-state index is 13.4. The summed E-state index contributed by atoms with van der Waals surface area (Å²) in [6.45, 7) is 20.4. The van der Waals surface area contributed by atoms with Crippen LogP contribution in [0.2, 0.25) is 18.1 Å². The maximum atomic E-state index is 13.4. The van der Waals surface area contributed by atoms with Crippen LogP contribution in [0.3, 0.4) is 0 Å². The number of rotatable bonds is 8. The highest BCUT2D eigenvalue weighted by Gasteiger charge is 2.66. The fourth-order valence-electron chi connectivity index (χ4n) is 7.71. The van der Waals surface area contributed by atoms with E-state index in [1.165, 1.54) is 16.7 Å². The Morgan fingerprint density at radius 1 is 0.976 bits per heavy atom. The van der Waals surface area contributed by atoms with E-state index in [9.17, 15) is 26.3 Å². The average Bonchev–Trinajstić information content (AvgIpc) is 3.19. The van der Waals surface area contributed by atoms with Crippen molar-refractivity contribution in [2.24, 2.45) is 28.6 Å². The Morgan fingerprint density at radius 2 is 1.60 bits per heavy atom. The van der Waals surface area contributed by atoms with E-state index in [0.29, 0.717) is 25.2 Å². The van der Waals surface area contributed by atoms with Crippen LogP contribution in [0, 0.1) is 28.6 Å². The zero-order valence-corrected chi connectivity index (χ0v) is 28.1. The van der Waals surface area contributed by atoms with E-state index in [1.807, 2.05) is 6.92 Å². The van der Waals surface area contributed by atoms with Crippen LogP contribution in [0.1, 0.15) is 112 Å². The number of hydrogen-bond donors (Lipinski definition) is 0. The molecule has 242 valence electrons. The van der Waals surface area contributed by atoms with Crippen molar-refractivity contribution in [2.45, 2.75) is 149 Å². The van der Waals surface area contributed by atoms with Gasteiger partial charge in [-0.3, -0.25) is 0 Å². The molecule has 0 bridgehead atoms. The lowest BCUT2D eigenvalue weighted by Crippen LogP contribution is -2.47. The van der Waals surface area contributed by atoms with E-state index in [2.05, 4.69) is 59.5 Å². The summed E-state index contributed by atoms with van der Waals surface area (Å²) in [5, 5.41) is 0.159. The molecule has 1 nitrogen and oxygen atoms in total. The van der Waals surface area contributed by atoms with Crippen LogP contribution in [-0.4, -0.2) is 26.8 Å². The molecule has 0 aromatic rings. The highest BCUT2D eigenvalue weighted by Crippen LogP contribution is 2.60. The molecule has 0 aromatic heterocycles. The lowest BCUT2D eigenvalue weighted by atomic mass is 9.60. The van der Waals surface area contributed by atoms with Gasteiger partial charge in [0.15, 0.2) is 13.7 Å². The largest absolute Gasteiger partial charge is 0.414 e. The second-order valence-electron chi connectivity index (χ2n) is 15.6. The minimum Gasteiger partial charge on any atom is -0.414 e. The second-order valence-corrected chi connectivity index (χ2v) is 20.3. The van der Waals surface area contributed by atoms with Crippen molar-refractivity contribution in [3.63, 3.8) is 0 Å². The Labute approximate surface area is 251 Å². The van der Waals surface area contributed by atoms with Gasteiger partial charge in [0.25, 0.3) is 0 Å². The molecule has 3 fully saturated rings. The molecular weight excluding hydrogens is 566 g/mol. The molecule has 0 aromatic carbocycles. The van der Waals surface area contributed by atoms with Crippen LogP contribution >= 0.6 is 0 Å². The fraction of sp³-hybridized carbons (Fsp3) is 0.824. The number of hydrogen-bond acceptors (Lipinski definition) is 1. The van der Waals surface area contributed by atoms with Crippen LogP contribution in [-0.2, 0) is 4.43 Å². The van der Waals surface area contributed by atoms with Gasteiger partial charge in [0, 0.05) is 6.10 Å². The molecule has 3 aliphatic rings. The first-order valence-corrected chi connectivity index (χ1v) is 18.8. The monoisotopic (exact) mass is 620 g/mol. The summed E-state index contributed by atoms with van der Waals surface area (Å²) in [6.07, 6.45) is 1.53. The fourth-order valence-corrected chi connectivity index (χ4v) is 9.10. The normalized spacial score (nSPS) is 31.1. The standard InChI is InChI=1S/C34H54F6OSi/c1-23-14-17-27(41-42(8,9)30(3,4)5)22-26(23)16-15-25-13-11-20-31(6)28(18-19-29(25)31)24(2)12-10-21-32(7,33(35,36)37)34(38,39)40/h15-16,24,27-29H,1,10-14,17-22H2,2-9H3/b25-15+,26-16+/t24-,27-,28+,29-,31+/m0/s1. The van der Waals surface area contributed by atoms with Crippen molar-refractivity contribution in [1.29, 1.82) is 0 Å². The van der Waals surface area contributed by atoms with Crippen LogP contribution < -0.4 is 0 Å². The zero-order valence-electron chi connectivity index (χ0n) is 27.1. The lowest BCUT2D eigenvalue weighted by molar-refractivity contribution is -0.337. The Morgan fingerprint density at radius 3 is 2.17 bits per heavy atom. The summed E-state index contributed by atoms with van der Waals surface area (Å²) < 4.78 is 87.0. The number of fused-ring (bicyclic) bond motifs is 1. The number of alkyl halides is 6. The summed E-state index contributed by atoms with van der Waals surface area (Å²) >= 11 is 0. The first-order chi connectivity index (χ1) is 19.0. The van der Waals surface area contributed by atoms with Crippen molar-refractivity contribution in [3.8, 4) is 0 Å². The SMILES string of the molecule is C=C1CC[C@H](O[Si](C)(C)C(C)(C)C)C/C1=C\C=C1/CCC[C@]2(C)[C@@H]([C@@H](C)CCCC(C)(C(F)(F)F)C(F)(F)F)CC[C@@H]12. The molecule has 42 heavy (non-hydrogen) atoms. The quantitative estimate of drug-likeness (QED) is 0.194. The molecule has 0 radical (unpaired) electrons. The van der Waals surface area contributed by atoms with Crippen LogP contribution in [0.25, 0.3) is 0 Å². The number of allylic oxidation sites excluding steroid dienone is 4. The molecule has 3 rings (SSSR count). The van der Waals surface area contributed by atoms with Gasteiger partial charge in [-0.1, -0.05) is 77.3 Å². The van der Waals surface area contributed by atoms with Crippen molar-refractivity contribution in [1.82, 2.24) is 0 Å². The van der Waals surface area contributed by atoms with Gasteiger partial charge in [0.05, 0.1) is 0 Å². The van der Waals surface area contributed by atoms with Gasteiger partial charge in [-0.25, -0.2) is 0 Å². The predicted octanol–water partition coefficient (Wildman–Crippen LogP) is 12.1. The van der Waals surface area contributed by atoms with E-state index in [-0.39, 0.29) is 28.9 Å². The molecule has 0 aliphatic heterocycles. The Hall–Kier alpha value is -1.02. The summed E-state index contributed by atoms with van der Waals surface area (Å²) in [5.41, 5.74) is 0.256. The van der Waals surface area contributed by atoms with Crippen molar-refractivity contribution in [3.05, 3.63) is 35.5 Å². The first kappa shape index (κ1) is 35.5. The van der Waals surface area contributed by atoms with Crippen LogP contribution in [0.5, 0.6) is 0 Å². The minimum atomic E-state index is -5.31. The molecule has 3 aliphatic carbocycles. The van der Waals surface area contributed by atoms with Crippen LogP contribution in [0.4, 0.5) is 26.3 Å². The van der Waals surface area contributed by atoms with Gasteiger partial charge < -0.3 is 4.43 Å². The van der Waals surface area contributed by atoms with E-state index in [1.54, 1.807) is 0 Å². The van der Waals surface area contributed by atoms with Gasteiger partial charge in [-0.05, 0) is 112 Å². The molecule has 0 saturated heterocycles. The Balaban J connectivity index is 1.69. The first-order valence-electron chi connectivity index (χ1n) is 15.9. The van der Waals surface area contributed by atoms with E-state index >= 15 is 0 Å². The van der Waals surface area contributed by atoms with Gasteiger partial charge in [-0.2, -0.15) is 26.3 Å². The smallest absolute Gasteiger partial charge is 0.402 e. The molecule has 5 atom stereocenters. The van der Waals surface area contributed by atoms with E-state index in [4.69, 9.17) is 4.43 Å². The summed E-state index contributed by atoms with van der Waals surface area (Å²) in [4.78, 5) is 0. The zero-order chi connectivity index (χ0) is 31.9. The summed E-state index contributed by atoms with van der Waals surface area (Å²) in [6, 6.07) is 0. The highest BCUT2D eigenvalue weighted by molar-refractivity contribution is 6.74. The van der Waals surface area contributed by atoms with Crippen molar-refractivity contribution in [2.75, 3.05) is 0 Å². The summed E-state index contributed by atoms with van der Waals surface area (Å²) in [7, 11) is -1.87. The molecule has 0 amide bonds. The lowest BCUT2D eigenvalue weighted by Gasteiger charge is -2.44. The molecule has 0 unspecified atom stereocenters. The highest BCUT2D eigenvalue weighted by atomic mass is 28.4.